The number of urea groups is 1. The monoisotopic (exact) mass is 385 g/mol. The van der Waals surface area contributed by atoms with Crippen LogP contribution in [0.1, 0.15) is 24.4 Å². The Balaban J connectivity index is 1.40. The second-order valence-corrected chi connectivity index (χ2v) is 7.14. The highest BCUT2D eigenvalue weighted by Crippen LogP contribution is 2.32. The number of phenols is 1. The van der Waals surface area contributed by atoms with Gasteiger partial charge < -0.3 is 25.0 Å². The van der Waals surface area contributed by atoms with E-state index in [2.05, 4.69) is 10.2 Å². The van der Waals surface area contributed by atoms with Gasteiger partial charge in [-0.2, -0.15) is 0 Å². The standard InChI is InChI=1S/C21H24FN3O3/c22-15-7-8-20-16(14-15)17(4-3-13-28-20)23-21(27)25-11-9-24(10-12-25)18-5-1-2-6-19(18)26/h1-2,5-8,14,17,26H,3-4,9-13H2,(H,23,27)/t17-/m1/s1. The zero-order valence-electron chi connectivity index (χ0n) is 15.6. The van der Waals surface area contributed by atoms with Gasteiger partial charge in [0.25, 0.3) is 0 Å². The summed E-state index contributed by atoms with van der Waals surface area (Å²) in [5.74, 6) is 0.547. The van der Waals surface area contributed by atoms with Crippen LogP contribution in [0.3, 0.4) is 0 Å². The third kappa shape index (κ3) is 3.83. The van der Waals surface area contributed by atoms with Crippen LogP contribution < -0.4 is 15.0 Å². The molecule has 1 atom stereocenters. The van der Waals surface area contributed by atoms with Crippen molar-refractivity contribution >= 4 is 11.7 Å². The number of aromatic hydroxyl groups is 1. The van der Waals surface area contributed by atoms with Crippen LogP contribution in [0.4, 0.5) is 14.9 Å². The van der Waals surface area contributed by atoms with Crippen LogP contribution in [0, 0.1) is 5.82 Å². The lowest BCUT2D eigenvalue weighted by atomic mass is 10.0. The third-order valence-electron chi connectivity index (χ3n) is 5.33. The number of amides is 2. The number of rotatable bonds is 2. The molecule has 0 aromatic heterocycles. The molecule has 0 aliphatic carbocycles. The number of halogens is 1. The molecule has 2 heterocycles. The van der Waals surface area contributed by atoms with Gasteiger partial charge in [0.05, 0.1) is 18.3 Å². The maximum atomic E-state index is 13.7. The van der Waals surface area contributed by atoms with Crippen LogP contribution in [0.5, 0.6) is 11.5 Å². The number of carbonyl (C=O) groups excluding carboxylic acids is 1. The molecule has 2 aliphatic rings. The molecular formula is C21H24FN3O3. The highest BCUT2D eigenvalue weighted by Gasteiger charge is 2.27. The first-order valence-corrected chi connectivity index (χ1v) is 9.62. The minimum atomic E-state index is -0.334. The molecule has 0 radical (unpaired) electrons. The smallest absolute Gasteiger partial charge is 0.318 e. The van der Waals surface area contributed by atoms with Crippen LogP contribution in [0.15, 0.2) is 42.5 Å². The Hall–Kier alpha value is -2.96. The van der Waals surface area contributed by atoms with Crippen molar-refractivity contribution in [1.82, 2.24) is 10.2 Å². The highest BCUT2D eigenvalue weighted by atomic mass is 19.1. The zero-order chi connectivity index (χ0) is 19.5. The third-order valence-corrected chi connectivity index (χ3v) is 5.33. The second kappa shape index (κ2) is 7.96. The van der Waals surface area contributed by atoms with Gasteiger partial charge in [-0.15, -0.1) is 0 Å². The Labute approximate surface area is 163 Å². The fourth-order valence-electron chi connectivity index (χ4n) is 3.82. The summed E-state index contributed by atoms with van der Waals surface area (Å²) in [6.07, 6.45) is 1.50. The highest BCUT2D eigenvalue weighted by molar-refractivity contribution is 5.75. The number of para-hydroxylation sites is 2. The Morgan fingerprint density at radius 2 is 1.93 bits per heavy atom. The number of ether oxygens (including phenoxy) is 1. The maximum Gasteiger partial charge on any atom is 0.318 e. The molecule has 2 amide bonds. The van der Waals surface area contributed by atoms with E-state index in [1.807, 2.05) is 12.1 Å². The molecule has 0 bridgehead atoms. The number of nitrogens with zero attached hydrogens (tertiary/aromatic N) is 2. The fraction of sp³-hybridized carbons (Fsp3) is 0.381. The van der Waals surface area contributed by atoms with Crippen LogP contribution in [-0.4, -0.2) is 48.8 Å². The van der Waals surface area contributed by atoms with Gasteiger partial charge in [-0.25, -0.2) is 9.18 Å². The van der Waals surface area contributed by atoms with E-state index in [4.69, 9.17) is 4.74 Å². The SMILES string of the molecule is O=C(N[C@@H]1CCCOc2ccc(F)cc21)N1CCN(c2ccccc2O)CC1. The molecule has 2 N–H and O–H groups in total. The lowest BCUT2D eigenvalue weighted by molar-refractivity contribution is 0.189. The molecule has 2 aromatic rings. The molecule has 6 nitrogen and oxygen atoms in total. The van der Waals surface area contributed by atoms with Gasteiger partial charge in [0, 0.05) is 31.7 Å². The van der Waals surface area contributed by atoms with Gasteiger partial charge in [0.2, 0.25) is 0 Å². The van der Waals surface area contributed by atoms with Gasteiger partial charge in [-0.3, -0.25) is 0 Å². The maximum absolute atomic E-state index is 13.7. The van der Waals surface area contributed by atoms with Crippen molar-refractivity contribution in [3.63, 3.8) is 0 Å². The largest absolute Gasteiger partial charge is 0.506 e. The van der Waals surface area contributed by atoms with E-state index in [-0.39, 0.29) is 23.6 Å². The summed E-state index contributed by atoms with van der Waals surface area (Å²) in [6, 6.07) is 11.2. The molecular weight excluding hydrogens is 361 g/mol. The van der Waals surface area contributed by atoms with Crippen molar-refractivity contribution in [2.45, 2.75) is 18.9 Å². The molecule has 148 valence electrons. The summed E-state index contributed by atoms with van der Waals surface area (Å²) >= 11 is 0. The zero-order valence-corrected chi connectivity index (χ0v) is 15.6. The van der Waals surface area contributed by atoms with E-state index in [9.17, 15) is 14.3 Å². The summed E-state index contributed by atoms with van der Waals surface area (Å²) < 4.78 is 19.4. The molecule has 0 unspecified atom stereocenters. The summed E-state index contributed by atoms with van der Waals surface area (Å²) in [5, 5.41) is 13.1. The number of benzene rings is 2. The lowest BCUT2D eigenvalue weighted by Gasteiger charge is -2.37. The van der Waals surface area contributed by atoms with Crippen LogP contribution in [-0.2, 0) is 0 Å². The first-order valence-electron chi connectivity index (χ1n) is 9.62. The normalized spacial score (nSPS) is 19.4. The van der Waals surface area contributed by atoms with Crippen molar-refractivity contribution in [3.05, 3.63) is 53.8 Å². The van der Waals surface area contributed by atoms with Gasteiger partial charge in [0.15, 0.2) is 0 Å². The van der Waals surface area contributed by atoms with E-state index in [0.29, 0.717) is 50.5 Å². The predicted octanol–water partition coefficient (Wildman–Crippen LogP) is 3.28. The van der Waals surface area contributed by atoms with Crippen molar-refractivity contribution in [2.75, 3.05) is 37.7 Å². The van der Waals surface area contributed by atoms with E-state index in [1.165, 1.54) is 12.1 Å². The number of piperazine rings is 1. The molecule has 2 aliphatic heterocycles. The minimum absolute atomic E-state index is 0.154. The van der Waals surface area contributed by atoms with Gasteiger partial charge in [-0.05, 0) is 43.2 Å². The Bertz CT molecular complexity index is 853. The first-order chi connectivity index (χ1) is 13.6. The number of fused-ring (bicyclic) bond motifs is 1. The van der Waals surface area contributed by atoms with Gasteiger partial charge in [-0.1, -0.05) is 12.1 Å². The summed E-state index contributed by atoms with van der Waals surface area (Å²) in [5.41, 5.74) is 1.48. The molecule has 7 heteroatoms. The summed E-state index contributed by atoms with van der Waals surface area (Å²) in [6.45, 7) is 2.96. The number of nitrogens with one attached hydrogen (secondary N) is 1. The van der Waals surface area contributed by atoms with Crippen LogP contribution in [0.25, 0.3) is 0 Å². The first kappa shape index (κ1) is 18.4. The van der Waals surface area contributed by atoms with Crippen molar-refractivity contribution < 1.29 is 19.0 Å². The Kier molecular flexibility index (Phi) is 5.23. The van der Waals surface area contributed by atoms with Crippen molar-refractivity contribution in [3.8, 4) is 11.5 Å². The quantitative estimate of drug-likeness (QED) is 0.833. The number of phenolic OH excluding ortho intramolecular Hbond substituents is 1. The predicted molar refractivity (Wildman–Crippen MR) is 104 cm³/mol. The fourth-order valence-corrected chi connectivity index (χ4v) is 3.82. The van der Waals surface area contributed by atoms with E-state index in [1.54, 1.807) is 23.1 Å². The second-order valence-electron chi connectivity index (χ2n) is 7.14. The van der Waals surface area contributed by atoms with Crippen LogP contribution in [0.2, 0.25) is 0 Å². The molecule has 4 rings (SSSR count). The van der Waals surface area contributed by atoms with Crippen LogP contribution >= 0.6 is 0 Å². The molecule has 1 fully saturated rings. The van der Waals surface area contributed by atoms with E-state index >= 15 is 0 Å². The van der Waals surface area contributed by atoms with E-state index < -0.39 is 0 Å². The van der Waals surface area contributed by atoms with E-state index in [0.717, 1.165) is 12.1 Å². The average Bonchev–Trinajstić information content (AvgIpc) is 2.90. The summed E-state index contributed by atoms with van der Waals surface area (Å²) in [4.78, 5) is 16.6. The van der Waals surface area contributed by atoms with Gasteiger partial charge >= 0.3 is 6.03 Å². The van der Waals surface area contributed by atoms with Crippen molar-refractivity contribution in [2.24, 2.45) is 0 Å². The molecule has 2 aromatic carbocycles. The Morgan fingerprint density at radius 1 is 1.14 bits per heavy atom. The number of carbonyl (C=O) groups is 1. The molecule has 28 heavy (non-hydrogen) atoms. The Morgan fingerprint density at radius 3 is 2.71 bits per heavy atom. The lowest BCUT2D eigenvalue weighted by Crippen LogP contribution is -2.52. The van der Waals surface area contributed by atoms with Gasteiger partial charge in [0.1, 0.15) is 17.3 Å². The molecule has 0 spiro atoms. The topological polar surface area (TPSA) is 65.0 Å². The van der Waals surface area contributed by atoms with Crippen molar-refractivity contribution in [1.29, 1.82) is 0 Å². The number of hydrogen-bond acceptors (Lipinski definition) is 4. The number of anilines is 1. The molecule has 0 saturated carbocycles. The summed E-state index contributed by atoms with van der Waals surface area (Å²) in [7, 11) is 0. The number of hydrogen-bond donors (Lipinski definition) is 2. The minimum Gasteiger partial charge on any atom is -0.506 e. The molecule has 1 saturated heterocycles. The average molecular weight is 385 g/mol.